The van der Waals surface area contributed by atoms with Gasteiger partial charge in [0.1, 0.15) is 12.1 Å². The molecule has 138 valence electrons. The maximum absolute atomic E-state index is 13.0. The molecule has 2 saturated heterocycles. The SMILES string of the molecule is CN1C(=O)CC(C(=O)N2CCN(c3ccnc4nncn34)CC2)C1(C)C. The second-order valence-electron chi connectivity index (χ2n) is 7.48. The van der Waals surface area contributed by atoms with Crippen LogP contribution in [-0.2, 0) is 9.59 Å². The molecule has 4 rings (SSSR count). The molecule has 9 nitrogen and oxygen atoms in total. The molecule has 26 heavy (non-hydrogen) atoms. The van der Waals surface area contributed by atoms with Crippen molar-refractivity contribution in [3.63, 3.8) is 0 Å². The molecule has 2 fully saturated rings. The molecule has 0 saturated carbocycles. The number of likely N-dealkylation sites (tertiary alicyclic amines) is 1. The summed E-state index contributed by atoms with van der Waals surface area (Å²) in [5.74, 6) is 1.38. The number of piperazine rings is 1. The van der Waals surface area contributed by atoms with E-state index in [9.17, 15) is 9.59 Å². The molecule has 2 aliphatic heterocycles. The molecule has 0 bridgehead atoms. The highest BCUT2D eigenvalue weighted by atomic mass is 16.2. The fourth-order valence-corrected chi connectivity index (χ4v) is 3.87. The van der Waals surface area contributed by atoms with Gasteiger partial charge in [-0.25, -0.2) is 4.98 Å². The van der Waals surface area contributed by atoms with Crippen LogP contribution >= 0.6 is 0 Å². The van der Waals surface area contributed by atoms with Gasteiger partial charge in [-0.1, -0.05) is 0 Å². The summed E-state index contributed by atoms with van der Waals surface area (Å²) in [4.78, 5) is 35.0. The van der Waals surface area contributed by atoms with Crippen molar-refractivity contribution >= 4 is 23.4 Å². The number of hydrogen-bond acceptors (Lipinski definition) is 6. The van der Waals surface area contributed by atoms with Crippen LogP contribution in [-0.4, -0.2) is 80.0 Å². The fraction of sp³-hybridized carbons (Fsp3) is 0.588. The fourth-order valence-electron chi connectivity index (χ4n) is 3.87. The van der Waals surface area contributed by atoms with Gasteiger partial charge in [-0.2, -0.15) is 0 Å². The van der Waals surface area contributed by atoms with E-state index in [1.807, 2.05) is 29.2 Å². The number of amides is 2. The zero-order valence-corrected chi connectivity index (χ0v) is 15.3. The van der Waals surface area contributed by atoms with Gasteiger partial charge in [-0.3, -0.25) is 14.0 Å². The first-order chi connectivity index (χ1) is 12.4. The maximum atomic E-state index is 13.0. The maximum Gasteiger partial charge on any atom is 0.256 e. The Morgan fingerprint density at radius 2 is 1.96 bits per heavy atom. The minimum Gasteiger partial charge on any atom is -0.354 e. The predicted molar refractivity (Wildman–Crippen MR) is 94.5 cm³/mol. The standard InChI is InChI=1S/C17H23N7O2/c1-17(2)12(10-14(25)21(17)3)15(26)23-8-6-22(7-9-23)13-4-5-18-16-20-19-11-24(13)16/h4-5,11-12H,6-10H2,1-3H3. The van der Waals surface area contributed by atoms with Crippen molar-refractivity contribution in [2.24, 2.45) is 5.92 Å². The van der Waals surface area contributed by atoms with Crippen LogP contribution in [0, 0.1) is 5.92 Å². The summed E-state index contributed by atoms with van der Waals surface area (Å²) in [5, 5.41) is 7.88. The molecule has 0 aromatic carbocycles. The van der Waals surface area contributed by atoms with E-state index in [-0.39, 0.29) is 17.7 Å². The first kappa shape index (κ1) is 16.7. The second kappa shape index (κ2) is 5.93. The molecule has 0 N–H and O–H groups in total. The van der Waals surface area contributed by atoms with E-state index in [0.717, 1.165) is 18.9 Å². The van der Waals surface area contributed by atoms with Gasteiger partial charge in [0.2, 0.25) is 11.8 Å². The van der Waals surface area contributed by atoms with Gasteiger partial charge in [0, 0.05) is 51.4 Å². The first-order valence-corrected chi connectivity index (χ1v) is 8.84. The Balaban J connectivity index is 1.46. The third-order valence-corrected chi connectivity index (χ3v) is 5.87. The van der Waals surface area contributed by atoms with Crippen LogP contribution in [0.15, 0.2) is 18.6 Å². The molecule has 2 aromatic heterocycles. The average molecular weight is 357 g/mol. The third kappa shape index (κ3) is 2.49. The van der Waals surface area contributed by atoms with Crippen molar-refractivity contribution in [2.75, 3.05) is 38.1 Å². The van der Waals surface area contributed by atoms with Gasteiger partial charge in [0.05, 0.1) is 5.92 Å². The Morgan fingerprint density at radius 3 is 2.62 bits per heavy atom. The van der Waals surface area contributed by atoms with E-state index in [2.05, 4.69) is 20.1 Å². The number of anilines is 1. The Morgan fingerprint density at radius 1 is 1.23 bits per heavy atom. The van der Waals surface area contributed by atoms with Crippen molar-refractivity contribution in [1.29, 1.82) is 0 Å². The first-order valence-electron chi connectivity index (χ1n) is 8.84. The number of rotatable bonds is 2. The van der Waals surface area contributed by atoms with Gasteiger partial charge in [-0.15, -0.1) is 10.2 Å². The number of fused-ring (bicyclic) bond motifs is 1. The minimum atomic E-state index is -0.439. The number of carbonyl (C=O) groups is 2. The topological polar surface area (TPSA) is 86.9 Å². The van der Waals surface area contributed by atoms with Gasteiger partial charge in [0.15, 0.2) is 0 Å². The Hall–Kier alpha value is -2.71. The Bertz CT molecular complexity index is 854. The molecule has 1 atom stereocenters. The van der Waals surface area contributed by atoms with E-state index >= 15 is 0 Å². The Kier molecular flexibility index (Phi) is 3.82. The van der Waals surface area contributed by atoms with Gasteiger partial charge in [0.25, 0.3) is 5.78 Å². The summed E-state index contributed by atoms with van der Waals surface area (Å²) in [5.41, 5.74) is -0.439. The highest BCUT2D eigenvalue weighted by Gasteiger charge is 2.49. The van der Waals surface area contributed by atoms with E-state index in [4.69, 9.17) is 0 Å². The van der Waals surface area contributed by atoms with Crippen LogP contribution in [0.1, 0.15) is 20.3 Å². The lowest BCUT2D eigenvalue weighted by Gasteiger charge is -2.39. The van der Waals surface area contributed by atoms with Crippen molar-refractivity contribution in [3.8, 4) is 0 Å². The molecular formula is C17H23N7O2. The molecule has 2 aromatic rings. The monoisotopic (exact) mass is 357 g/mol. The molecule has 9 heteroatoms. The van der Waals surface area contributed by atoms with Crippen LogP contribution in [0.5, 0.6) is 0 Å². The molecule has 0 spiro atoms. The molecule has 0 radical (unpaired) electrons. The summed E-state index contributed by atoms with van der Waals surface area (Å²) in [7, 11) is 1.78. The third-order valence-electron chi connectivity index (χ3n) is 5.87. The lowest BCUT2D eigenvalue weighted by molar-refractivity contribution is -0.138. The number of hydrogen-bond donors (Lipinski definition) is 0. The molecule has 0 aliphatic carbocycles. The highest BCUT2D eigenvalue weighted by Crippen LogP contribution is 2.35. The lowest BCUT2D eigenvalue weighted by atomic mass is 9.87. The molecule has 2 amide bonds. The summed E-state index contributed by atoms with van der Waals surface area (Å²) >= 11 is 0. The van der Waals surface area contributed by atoms with E-state index in [1.165, 1.54) is 0 Å². The molecule has 1 unspecified atom stereocenters. The van der Waals surface area contributed by atoms with Crippen LogP contribution < -0.4 is 4.90 Å². The zero-order chi connectivity index (χ0) is 18.5. The smallest absolute Gasteiger partial charge is 0.256 e. The molecule has 4 heterocycles. The van der Waals surface area contributed by atoms with Crippen molar-refractivity contribution in [3.05, 3.63) is 18.6 Å². The highest BCUT2D eigenvalue weighted by molar-refractivity contribution is 5.91. The normalized spacial score (nSPS) is 23.1. The number of carbonyl (C=O) groups excluding carboxylic acids is 2. The number of nitrogens with zero attached hydrogens (tertiary/aromatic N) is 7. The average Bonchev–Trinajstić information content (AvgIpc) is 3.20. The Labute approximate surface area is 151 Å². The van der Waals surface area contributed by atoms with Crippen LogP contribution in [0.4, 0.5) is 5.82 Å². The van der Waals surface area contributed by atoms with Crippen molar-refractivity contribution in [2.45, 2.75) is 25.8 Å². The summed E-state index contributed by atoms with van der Waals surface area (Å²) < 4.78 is 1.85. The van der Waals surface area contributed by atoms with Crippen LogP contribution in [0.3, 0.4) is 0 Å². The van der Waals surface area contributed by atoms with Gasteiger partial charge >= 0.3 is 0 Å². The van der Waals surface area contributed by atoms with Crippen molar-refractivity contribution in [1.82, 2.24) is 29.4 Å². The number of aromatic nitrogens is 4. The lowest BCUT2D eigenvalue weighted by Crippen LogP contribution is -2.54. The second-order valence-corrected chi connectivity index (χ2v) is 7.48. The summed E-state index contributed by atoms with van der Waals surface area (Å²) in [6.45, 7) is 6.65. The van der Waals surface area contributed by atoms with Gasteiger partial charge < -0.3 is 14.7 Å². The minimum absolute atomic E-state index is 0.0405. The van der Waals surface area contributed by atoms with E-state index < -0.39 is 5.54 Å². The van der Waals surface area contributed by atoms with Crippen LogP contribution in [0.2, 0.25) is 0 Å². The predicted octanol–water partition coefficient (Wildman–Crippen LogP) is 0.0298. The molecule has 2 aliphatic rings. The van der Waals surface area contributed by atoms with E-state index in [0.29, 0.717) is 25.3 Å². The molecular weight excluding hydrogens is 334 g/mol. The quantitative estimate of drug-likeness (QED) is 0.754. The largest absolute Gasteiger partial charge is 0.354 e. The van der Waals surface area contributed by atoms with Crippen LogP contribution in [0.25, 0.3) is 5.78 Å². The summed E-state index contributed by atoms with van der Waals surface area (Å²) in [6.07, 6.45) is 3.67. The van der Waals surface area contributed by atoms with E-state index in [1.54, 1.807) is 24.5 Å². The zero-order valence-electron chi connectivity index (χ0n) is 15.3. The summed E-state index contributed by atoms with van der Waals surface area (Å²) in [6, 6.07) is 1.93. The van der Waals surface area contributed by atoms with Gasteiger partial charge in [-0.05, 0) is 19.9 Å². The van der Waals surface area contributed by atoms with Crippen molar-refractivity contribution < 1.29 is 9.59 Å².